The SMILES string of the molecule is Cc1cc(N2CCC(Oc3ccc(-c4ccccc4)cc3)C2=O)ccc1OCCCS(C)(=O)=O. The van der Waals surface area contributed by atoms with Gasteiger partial charge in [-0.05, 0) is 60.4 Å². The largest absolute Gasteiger partial charge is 0.493 e. The minimum atomic E-state index is -2.99. The van der Waals surface area contributed by atoms with Crippen LogP contribution in [-0.4, -0.2) is 45.6 Å². The molecule has 0 bridgehead atoms. The van der Waals surface area contributed by atoms with E-state index in [-0.39, 0.29) is 11.7 Å². The molecule has 0 spiro atoms. The molecule has 34 heavy (non-hydrogen) atoms. The van der Waals surface area contributed by atoms with Crippen LogP contribution in [0.1, 0.15) is 18.4 Å². The van der Waals surface area contributed by atoms with Gasteiger partial charge in [-0.25, -0.2) is 8.42 Å². The highest BCUT2D eigenvalue weighted by Crippen LogP contribution is 2.30. The molecular formula is C27H29NO5S. The summed E-state index contributed by atoms with van der Waals surface area (Å²) >= 11 is 0. The van der Waals surface area contributed by atoms with Crippen molar-refractivity contribution >= 4 is 21.4 Å². The lowest BCUT2D eigenvalue weighted by Gasteiger charge is -2.19. The van der Waals surface area contributed by atoms with Gasteiger partial charge in [0.05, 0.1) is 12.4 Å². The Labute approximate surface area is 201 Å². The third-order valence-corrected chi connectivity index (χ3v) is 6.81. The fourth-order valence-corrected chi connectivity index (χ4v) is 4.65. The number of anilines is 1. The Morgan fingerprint density at radius 2 is 1.68 bits per heavy atom. The van der Waals surface area contributed by atoms with Crippen molar-refractivity contribution in [1.29, 1.82) is 0 Å². The van der Waals surface area contributed by atoms with Gasteiger partial charge in [0.1, 0.15) is 21.3 Å². The molecule has 0 saturated carbocycles. The molecular weight excluding hydrogens is 450 g/mol. The van der Waals surface area contributed by atoms with Crippen LogP contribution in [0.5, 0.6) is 11.5 Å². The van der Waals surface area contributed by atoms with E-state index >= 15 is 0 Å². The van der Waals surface area contributed by atoms with Crippen LogP contribution >= 0.6 is 0 Å². The number of sulfone groups is 1. The highest BCUT2D eigenvalue weighted by molar-refractivity contribution is 7.90. The molecule has 3 aromatic carbocycles. The van der Waals surface area contributed by atoms with Gasteiger partial charge in [-0.3, -0.25) is 4.79 Å². The first-order valence-electron chi connectivity index (χ1n) is 11.3. The number of ether oxygens (including phenoxy) is 2. The first-order chi connectivity index (χ1) is 16.3. The van der Waals surface area contributed by atoms with E-state index in [0.717, 1.165) is 22.4 Å². The predicted octanol–water partition coefficient (Wildman–Crippen LogP) is 4.66. The molecule has 1 aliphatic heterocycles. The molecule has 4 rings (SSSR count). The van der Waals surface area contributed by atoms with E-state index in [0.29, 0.717) is 37.5 Å². The van der Waals surface area contributed by atoms with Gasteiger partial charge in [-0.15, -0.1) is 0 Å². The smallest absolute Gasteiger partial charge is 0.268 e. The molecule has 1 atom stereocenters. The van der Waals surface area contributed by atoms with Crippen LogP contribution in [0.15, 0.2) is 72.8 Å². The quantitative estimate of drug-likeness (QED) is 0.418. The Bertz CT molecular complexity index is 1240. The number of hydrogen-bond donors (Lipinski definition) is 0. The monoisotopic (exact) mass is 479 g/mol. The van der Waals surface area contributed by atoms with Crippen molar-refractivity contribution in [1.82, 2.24) is 0 Å². The van der Waals surface area contributed by atoms with Crippen LogP contribution in [-0.2, 0) is 14.6 Å². The Hall–Kier alpha value is -3.32. The van der Waals surface area contributed by atoms with E-state index in [1.807, 2.05) is 67.6 Å². The summed E-state index contributed by atoms with van der Waals surface area (Å²) in [7, 11) is -2.99. The fourth-order valence-electron chi connectivity index (χ4n) is 4.01. The first-order valence-corrected chi connectivity index (χ1v) is 13.4. The van der Waals surface area contributed by atoms with Crippen LogP contribution in [0, 0.1) is 6.92 Å². The zero-order chi connectivity index (χ0) is 24.1. The van der Waals surface area contributed by atoms with Gasteiger partial charge < -0.3 is 14.4 Å². The van der Waals surface area contributed by atoms with E-state index in [9.17, 15) is 13.2 Å². The Balaban J connectivity index is 1.35. The average molecular weight is 480 g/mol. The predicted molar refractivity (Wildman–Crippen MR) is 134 cm³/mol. The molecule has 1 fully saturated rings. The number of carbonyl (C=O) groups excluding carboxylic acids is 1. The molecule has 0 N–H and O–H groups in total. The Kier molecular flexibility index (Phi) is 7.22. The molecule has 1 heterocycles. The number of aryl methyl sites for hydroxylation is 1. The summed E-state index contributed by atoms with van der Waals surface area (Å²) in [6, 6.07) is 23.5. The summed E-state index contributed by atoms with van der Waals surface area (Å²) in [4.78, 5) is 14.8. The van der Waals surface area contributed by atoms with E-state index in [2.05, 4.69) is 12.1 Å². The molecule has 1 aliphatic rings. The van der Waals surface area contributed by atoms with Gasteiger partial charge in [0.25, 0.3) is 5.91 Å². The van der Waals surface area contributed by atoms with Crippen molar-refractivity contribution in [2.75, 3.05) is 30.1 Å². The zero-order valence-corrected chi connectivity index (χ0v) is 20.3. The van der Waals surface area contributed by atoms with E-state index in [1.165, 1.54) is 6.26 Å². The van der Waals surface area contributed by atoms with Crippen molar-refractivity contribution in [2.45, 2.75) is 25.9 Å². The maximum Gasteiger partial charge on any atom is 0.268 e. The molecule has 1 saturated heterocycles. The second kappa shape index (κ2) is 10.3. The lowest BCUT2D eigenvalue weighted by atomic mass is 10.1. The van der Waals surface area contributed by atoms with Gasteiger partial charge in [0.2, 0.25) is 0 Å². The van der Waals surface area contributed by atoms with Crippen molar-refractivity contribution in [2.24, 2.45) is 0 Å². The Morgan fingerprint density at radius 3 is 2.35 bits per heavy atom. The summed E-state index contributed by atoms with van der Waals surface area (Å²) in [6.45, 7) is 2.83. The van der Waals surface area contributed by atoms with Crippen LogP contribution in [0.3, 0.4) is 0 Å². The first kappa shape index (κ1) is 23.8. The van der Waals surface area contributed by atoms with Crippen molar-refractivity contribution in [3.63, 3.8) is 0 Å². The second-order valence-electron chi connectivity index (χ2n) is 8.56. The standard InChI is InChI=1S/C27H29NO5S/c1-20-19-23(11-14-25(20)32-17-6-18-34(2,30)31)28-16-15-26(27(28)29)33-24-12-9-22(10-13-24)21-7-4-3-5-8-21/h3-5,7-14,19,26H,6,15-18H2,1-2H3. The summed E-state index contributed by atoms with van der Waals surface area (Å²) in [6.07, 6.45) is 1.75. The molecule has 7 heteroatoms. The molecule has 0 aromatic heterocycles. The summed E-state index contributed by atoms with van der Waals surface area (Å²) < 4.78 is 34.2. The summed E-state index contributed by atoms with van der Waals surface area (Å²) in [5, 5.41) is 0. The molecule has 0 radical (unpaired) electrons. The number of carbonyl (C=O) groups is 1. The lowest BCUT2D eigenvalue weighted by molar-refractivity contribution is -0.122. The minimum absolute atomic E-state index is 0.0617. The minimum Gasteiger partial charge on any atom is -0.493 e. The maximum absolute atomic E-state index is 13.0. The average Bonchev–Trinajstić information content (AvgIpc) is 3.18. The third kappa shape index (κ3) is 5.97. The number of hydrogen-bond acceptors (Lipinski definition) is 5. The molecule has 1 unspecified atom stereocenters. The Morgan fingerprint density at radius 1 is 0.971 bits per heavy atom. The summed E-state index contributed by atoms with van der Waals surface area (Å²) in [5.41, 5.74) is 3.93. The summed E-state index contributed by atoms with van der Waals surface area (Å²) in [5.74, 6) is 1.40. The van der Waals surface area contributed by atoms with Crippen molar-refractivity contribution in [3.8, 4) is 22.6 Å². The van der Waals surface area contributed by atoms with E-state index in [1.54, 1.807) is 4.90 Å². The van der Waals surface area contributed by atoms with Gasteiger partial charge >= 0.3 is 0 Å². The molecule has 6 nitrogen and oxygen atoms in total. The second-order valence-corrected chi connectivity index (χ2v) is 10.8. The van der Waals surface area contributed by atoms with E-state index in [4.69, 9.17) is 9.47 Å². The third-order valence-electron chi connectivity index (χ3n) is 5.78. The van der Waals surface area contributed by atoms with Crippen LogP contribution < -0.4 is 14.4 Å². The van der Waals surface area contributed by atoms with Crippen LogP contribution in [0.4, 0.5) is 5.69 Å². The highest BCUT2D eigenvalue weighted by Gasteiger charge is 2.34. The van der Waals surface area contributed by atoms with Gasteiger partial charge in [-0.1, -0.05) is 42.5 Å². The van der Waals surface area contributed by atoms with Crippen molar-refractivity contribution < 1.29 is 22.7 Å². The number of nitrogens with zero attached hydrogens (tertiary/aromatic N) is 1. The fraction of sp³-hybridized carbons (Fsp3) is 0.296. The molecule has 3 aromatic rings. The number of rotatable bonds is 9. The molecule has 0 aliphatic carbocycles. The topological polar surface area (TPSA) is 72.9 Å². The van der Waals surface area contributed by atoms with Crippen LogP contribution in [0.2, 0.25) is 0 Å². The van der Waals surface area contributed by atoms with Crippen molar-refractivity contribution in [3.05, 3.63) is 78.4 Å². The zero-order valence-electron chi connectivity index (χ0n) is 19.4. The number of benzene rings is 3. The van der Waals surface area contributed by atoms with Gasteiger partial charge in [0.15, 0.2) is 6.10 Å². The molecule has 178 valence electrons. The maximum atomic E-state index is 13.0. The molecule has 1 amide bonds. The normalized spacial score (nSPS) is 16.0. The lowest BCUT2D eigenvalue weighted by Crippen LogP contribution is -2.32. The highest BCUT2D eigenvalue weighted by atomic mass is 32.2. The van der Waals surface area contributed by atoms with Crippen LogP contribution in [0.25, 0.3) is 11.1 Å². The van der Waals surface area contributed by atoms with Gasteiger partial charge in [-0.2, -0.15) is 0 Å². The number of amides is 1. The van der Waals surface area contributed by atoms with E-state index < -0.39 is 15.9 Å². The van der Waals surface area contributed by atoms with Gasteiger partial charge in [0, 0.05) is 24.9 Å².